The first kappa shape index (κ1) is 9.42. The van der Waals surface area contributed by atoms with Crippen LogP contribution < -0.4 is 0 Å². The van der Waals surface area contributed by atoms with Gasteiger partial charge in [0, 0.05) is 11.8 Å². The fourth-order valence-electron chi connectivity index (χ4n) is 3.56. The van der Waals surface area contributed by atoms with E-state index in [0.29, 0.717) is 17.5 Å². The number of ether oxygens (including phenoxy) is 1. The summed E-state index contributed by atoms with van der Waals surface area (Å²) in [5.41, 5.74) is 3.50. The molecule has 0 radical (unpaired) electrons. The average Bonchev–Trinajstić information content (AvgIpc) is 2.88. The second kappa shape index (κ2) is 3.20. The van der Waals surface area contributed by atoms with Crippen LogP contribution in [0.3, 0.4) is 0 Å². The van der Waals surface area contributed by atoms with Crippen molar-refractivity contribution in [2.24, 2.45) is 11.1 Å². The SMILES string of the molecule is O/N=C1\C=C[C@@H]2O[C@H]1[C@@H]1Cc3ccccc3[C@@H]12. The predicted molar refractivity (Wildman–Crippen MR) is 63.4 cm³/mol. The van der Waals surface area contributed by atoms with Crippen LogP contribution in [-0.2, 0) is 11.2 Å². The van der Waals surface area contributed by atoms with Crippen molar-refractivity contribution in [3.05, 3.63) is 47.5 Å². The third kappa shape index (κ3) is 1.12. The van der Waals surface area contributed by atoms with Crippen molar-refractivity contribution < 1.29 is 9.94 Å². The molecule has 3 aliphatic rings. The fraction of sp³-hybridized carbons (Fsp3) is 0.357. The molecule has 1 aliphatic carbocycles. The van der Waals surface area contributed by atoms with E-state index in [2.05, 4.69) is 29.4 Å². The average molecular weight is 227 g/mol. The normalized spacial score (nSPS) is 39.4. The molecule has 1 aromatic rings. The molecule has 2 aliphatic heterocycles. The molecular weight excluding hydrogens is 214 g/mol. The van der Waals surface area contributed by atoms with Gasteiger partial charge in [0.05, 0.1) is 6.10 Å². The largest absolute Gasteiger partial charge is 0.411 e. The summed E-state index contributed by atoms with van der Waals surface area (Å²) < 4.78 is 5.95. The summed E-state index contributed by atoms with van der Waals surface area (Å²) >= 11 is 0. The number of benzene rings is 1. The van der Waals surface area contributed by atoms with Gasteiger partial charge < -0.3 is 9.94 Å². The molecule has 2 heterocycles. The Morgan fingerprint density at radius 3 is 3.06 bits per heavy atom. The topological polar surface area (TPSA) is 41.8 Å². The second-order valence-corrected chi connectivity index (χ2v) is 5.00. The van der Waals surface area contributed by atoms with Gasteiger partial charge in [-0.25, -0.2) is 0 Å². The van der Waals surface area contributed by atoms with Gasteiger partial charge in [0.15, 0.2) is 0 Å². The summed E-state index contributed by atoms with van der Waals surface area (Å²) in [4.78, 5) is 0. The highest BCUT2D eigenvalue weighted by molar-refractivity contribution is 6.00. The standard InChI is InChI=1S/C14H13NO2/c16-15-11-5-6-12-13-9-4-2-1-3-8(9)7-10(13)14(11)17-12/h1-6,10,12-14,16H,7H2/b15-11+/t10-,12+,13+,14+/m1/s1. The van der Waals surface area contributed by atoms with E-state index in [1.807, 2.05) is 12.2 Å². The fourth-order valence-corrected chi connectivity index (χ4v) is 3.56. The van der Waals surface area contributed by atoms with Gasteiger partial charge >= 0.3 is 0 Å². The van der Waals surface area contributed by atoms with Crippen molar-refractivity contribution in [2.75, 3.05) is 0 Å². The Morgan fingerprint density at radius 2 is 2.18 bits per heavy atom. The summed E-state index contributed by atoms with van der Waals surface area (Å²) in [5.74, 6) is 0.866. The molecule has 3 nitrogen and oxygen atoms in total. The number of nitrogens with zero attached hydrogens (tertiary/aromatic N) is 1. The lowest BCUT2D eigenvalue weighted by atomic mass is 9.88. The van der Waals surface area contributed by atoms with Gasteiger partial charge in [-0.15, -0.1) is 0 Å². The predicted octanol–water partition coefficient (Wildman–Crippen LogP) is 2.11. The number of hydrogen-bond donors (Lipinski definition) is 1. The quantitative estimate of drug-likeness (QED) is 0.545. The maximum Gasteiger partial charge on any atom is 0.108 e. The highest BCUT2D eigenvalue weighted by atomic mass is 16.5. The van der Waals surface area contributed by atoms with Gasteiger partial charge in [-0.1, -0.05) is 35.5 Å². The first-order valence-electron chi connectivity index (χ1n) is 6.02. The lowest BCUT2D eigenvalue weighted by Gasteiger charge is -2.19. The Morgan fingerprint density at radius 1 is 1.29 bits per heavy atom. The Balaban J connectivity index is 1.83. The molecule has 4 rings (SSSR count). The minimum Gasteiger partial charge on any atom is -0.411 e. The molecule has 0 saturated carbocycles. The molecule has 2 bridgehead atoms. The third-order valence-electron chi connectivity index (χ3n) is 4.24. The van der Waals surface area contributed by atoms with E-state index in [-0.39, 0.29) is 12.2 Å². The van der Waals surface area contributed by atoms with Crippen LogP contribution in [0.5, 0.6) is 0 Å². The zero-order chi connectivity index (χ0) is 11.4. The highest BCUT2D eigenvalue weighted by Crippen LogP contribution is 2.50. The van der Waals surface area contributed by atoms with Gasteiger partial charge in [-0.3, -0.25) is 0 Å². The summed E-state index contributed by atoms with van der Waals surface area (Å²) in [6, 6.07) is 8.58. The second-order valence-electron chi connectivity index (χ2n) is 5.00. The number of rotatable bonds is 0. The Kier molecular flexibility index (Phi) is 1.77. The van der Waals surface area contributed by atoms with Crippen LogP contribution >= 0.6 is 0 Å². The third-order valence-corrected chi connectivity index (χ3v) is 4.24. The Bertz CT molecular complexity index is 535. The van der Waals surface area contributed by atoms with Crippen LogP contribution in [0.1, 0.15) is 17.0 Å². The van der Waals surface area contributed by atoms with E-state index >= 15 is 0 Å². The molecule has 4 atom stereocenters. The van der Waals surface area contributed by atoms with Gasteiger partial charge in [0.1, 0.15) is 11.8 Å². The number of hydrogen-bond acceptors (Lipinski definition) is 3. The summed E-state index contributed by atoms with van der Waals surface area (Å²) in [7, 11) is 0. The van der Waals surface area contributed by atoms with Crippen LogP contribution in [0.15, 0.2) is 41.6 Å². The molecule has 86 valence electrons. The van der Waals surface area contributed by atoms with Crippen LogP contribution in [0.2, 0.25) is 0 Å². The molecule has 3 heteroatoms. The molecule has 1 N–H and O–H groups in total. The maximum atomic E-state index is 9.00. The number of fused-ring (bicyclic) bond motifs is 7. The van der Waals surface area contributed by atoms with Crippen LogP contribution in [0.4, 0.5) is 0 Å². The Labute approximate surface area is 99.4 Å². The molecule has 0 spiro atoms. The minimum atomic E-state index is -0.0348. The van der Waals surface area contributed by atoms with Crippen LogP contribution in [0.25, 0.3) is 0 Å². The zero-order valence-electron chi connectivity index (χ0n) is 9.28. The van der Waals surface area contributed by atoms with E-state index in [9.17, 15) is 0 Å². The van der Waals surface area contributed by atoms with E-state index in [4.69, 9.17) is 9.94 Å². The van der Waals surface area contributed by atoms with Gasteiger partial charge in [0.25, 0.3) is 0 Å². The first-order chi connectivity index (χ1) is 8.38. The van der Waals surface area contributed by atoms with E-state index in [1.54, 1.807) is 0 Å². The van der Waals surface area contributed by atoms with E-state index in [0.717, 1.165) is 6.42 Å². The van der Waals surface area contributed by atoms with Gasteiger partial charge in [0.2, 0.25) is 0 Å². The lowest BCUT2D eigenvalue weighted by Crippen LogP contribution is -2.28. The maximum absolute atomic E-state index is 9.00. The van der Waals surface area contributed by atoms with Crippen molar-refractivity contribution in [1.82, 2.24) is 0 Å². The van der Waals surface area contributed by atoms with Gasteiger partial charge in [-0.05, 0) is 23.6 Å². The van der Waals surface area contributed by atoms with E-state index in [1.165, 1.54) is 11.1 Å². The smallest absolute Gasteiger partial charge is 0.108 e. The Hall–Kier alpha value is -1.61. The first-order valence-corrected chi connectivity index (χ1v) is 6.02. The molecule has 0 amide bonds. The van der Waals surface area contributed by atoms with Crippen molar-refractivity contribution in [1.29, 1.82) is 0 Å². The summed E-state index contributed by atoms with van der Waals surface area (Å²) in [5, 5.41) is 12.4. The van der Waals surface area contributed by atoms with Crippen molar-refractivity contribution in [3.63, 3.8) is 0 Å². The van der Waals surface area contributed by atoms with Crippen molar-refractivity contribution >= 4 is 5.71 Å². The van der Waals surface area contributed by atoms with Crippen molar-refractivity contribution in [3.8, 4) is 0 Å². The van der Waals surface area contributed by atoms with E-state index < -0.39 is 0 Å². The monoisotopic (exact) mass is 227 g/mol. The molecule has 1 fully saturated rings. The molecule has 0 unspecified atom stereocenters. The van der Waals surface area contributed by atoms with Gasteiger partial charge in [-0.2, -0.15) is 0 Å². The minimum absolute atomic E-state index is 0.0348. The van der Waals surface area contributed by atoms with Crippen molar-refractivity contribution in [2.45, 2.75) is 24.5 Å². The molecule has 1 aromatic carbocycles. The number of oxime groups is 1. The van der Waals surface area contributed by atoms with Crippen LogP contribution in [-0.4, -0.2) is 23.1 Å². The summed E-state index contributed by atoms with van der Waals surface area (Å²) in [6.45, 7) is 0. The molecule has 17 heavy (non-hydrogen) atoms. The molecule has 0 aromatic heterocycles. The lowest BCUT2D eigenvalue weighted by molar-refractivity contribution is 0.0910. The molecule has 1 saturated heterocycles. The summed E-state index contributed by atoms with van der Waals surface area (Å²) in [6.07, 6.45) is 5.08. The van der Waals surface area contributed by atoms with Crippen LogP contribution in [0, 0.1) is 5.92 Å². The molecular formula is C14H13NO2. The highest BCUT2D eigenvalue weighted by Gasteiger charge is 2.51. The zero-order valence-corrected chi connectivity index (χ0v) is 9.28.